The SMILES string of the molecule is CCCS(=O)(=O)N1CCN(S(=O)(=O)c2cn[nH]c2)CC1. The van der Waals surface area contributed by atoms with Crippen molar-refractivity contribution in [3.05, 3.63) is 12.4 Å². The quantitative estimate of drug-likeness (QED) is 0.784. The summed E-state index contributed by atoms with van der Waals surface area (Å²) in [7, 11) is -6.84. The predicted octanol–water partition coefficient (Wildman–Crippen LogP) is -0.544. The van der Waals surface area contributed by atoms with Crippen molar-refractivity contribution in [1.82, 2.24) is 18.8 Å². The van der Waals surface area contributed by atoms with Crippen molar-refractivity contribution in [1.29, 1.82) is 0 Å². The number of aromatic nitrogens is 2. The summed E-state index contributed by atoms with van der Waals surface area (Å²) in [4.78, 5) is 0.0994. The minimum atomic E-state index is -3.58. The van der Waals surface area contributed by atoms with E-state index in [1.807, 2.05) is 0 Å². The van der Waals surface area contributed by atoms with Gasteiger partial charge in [0.2, 0.25) is 20.0 Å². The number of hydrogen-bond donors (Lipinski definition) is 1. The van der Waals surface area contributed by atoms with E-state index in [1.54, 1.807) is 6.92 Å². The molecule has 20 heavy (non-hydrogen) atoms. The lowest BCUT2D eigenvalue weighted by atomic mass is 10.4. The standard InChI is InChI=1S/C10H18N4O4S2/c1-2-7-19(15,16)13-3-5-14(6-4-13)20(17,18)10-8-11-12-9-10/h8-9H,2-7H2,1H3,(H,11,12). The molecule has 1 aliphatic heterocycles. The number of nitrogens with one attached hydrogen (secondary N) is 1. The van der Waals surface area contributed by atoms with Gasteiger partial charge in [-0.2, -0.15) is 13.7 Å². The molecule has 10 heteroatoms. The van der Waals surface area contributed by atoms with Gasteiger partial charge in [-0.05, 0) is 6.42 Å². The van der Waals surface area contributed by atoms with Crippen LogP contribution in [-0.2, 0) is 20.0 Å². The summed E-state index contributed by atoms with van der Waals surface area (Å²) >= 11 is 0. The van der Waals surface area contributed by atoms with Crippen LogP contribution in [0.15, 0.2) is 17.3 Å². The zero-order chi connectivity index (χ0) is 14.8. The van der Waals surface area contributed by atoms with Gasteiger partial charge >= 0.3 is 0 Å². The third-order valence-electron chi connectivity index (χ3n) is 3.16. The minimum Gasteiger partial charge on any atom is -0.284 e. The van der Waals surface area contributed by atoms with Crippen molar-refractivity contribution in [2.75, 3.05) is 31.9 Å². The van der Waals surface area contributed by atoms with Gasteiger partial charge in [-0.25, -0.2) is 16.8 Å². The fraction of sp³-hybridized carbons (Fsp3) is 0.700. The monoisotopic (exact) mass is 322 g/mol. The first-order valence-electron chi connectivity index (χ1n) is 6.34. The molecule has 0 amide bonds. The van der Waals surface area contributed by atoms with Crippen LogP contribution in [0.25, 0.3) is 0 Å². The molecule has 2 heterocycles. The van der Waals surface area contributed by atoms with E-state index in [0.29, 0.717) is 6.42 Å². The number of hydrogen-bond acceptors (Lipinski definition) is 5. The Morgan fingerprint density at radius 2 is 1.75 bits per heavy atom. The second-order valence-electron chi connectivity index (χ2n) is 4.55. The molecular weight excluding hydrogens is 304 g/mol. The third kappa shape index (κ3) is 3.03. The van der Waals surface area contributed by atoms with Crippen LogP contribution in [0.2, 0.25) is 0 Å². The molecular formula is C10H18N4O4S2. The Morgan fingerprint density at radius 3 is 2.25 bits per heavy atom. The maximum atomic E-state index is 12.2. The fourth-order valence-corrected chi connectivity index (χ4v) is 4.93. The molecule has 0 spiro atoms. The maximum absolute atomic E-state index is 12.2. The summed E-state index contributed by atoms with van der Waals surface area (Å²) in [6.07, 6.45) is 3.11. The molecule has 2 rings (SSSR count). The number of piperazine rings is 1. The van der Waals surface area contributed by atoms with Crippen molar-refractivity contribution in [3.8, 4) is 0 Å². The molecule has 1 N–H and O–H groups in total. The van der Waals surface area contributed by atoms with Gasteiger partial charge in [0.05, 0.1) is 11.9 Å². The van der Waals surface area contributed by atoms with Crippen molar-refractivity contribution in [3.63, 3.8) is 0 Å². The van der Waals surface area contributed by atoms with Crippen LogP contribution in [0.3, 0.4) is 0 Å². The Kier molecular flexibility index (Phi) is 4.47. The highest BCUT2D eigenvalue weighted by atomic mass is 32.2. The number of aromatic amines is 1. The normalized spacial score (nSPS) is 19.2. The summed E-state index contributed by atoms with van der Waals surface area (Å²) in [5, 5.41) is 6.09. The average Bonchev–Trinajstić information content (AvgIpc) is 2.93. The molecule has 1 aromatic rings. The van der Waals surface area contributed by atoms with E-state index in [9.17, 15) is 16.8 Å². The number of sulfonamides is 2. The van der Waals surface area contributed by atoms with E-state index in [0.717, 1.165) is 0 Å². The summed E-state index contributed by atoms with van der Waals surface area (Å²) in [6.45, 7) is 2.52. The van der Waals surface area contributed by atoms with Crippen LogP contribution in [0.1, 0.15) is 13.3 Å². The maximum Gasteiger partial charge on any atom is 0.246 e. The van der Waals surface area contributed by atoms with E-state index >= 15 is 0 Å². The van der Waals surface area contributed by atoms with Gasteiger partial charge in [-0.15, -0.1) is 0 Å². The second kappa shape index (κ2) is 5.80. The van der Waals surface area contributed by atoms with E-state index in [4.69, 9.17) is 0 Å². The smallest absolute Gasteiger partial charge is 0.246 e. The summed E-state index contributed by atoms with van der Waals surface area (Å²) < 4.78 is 50.9. The van der Waals surface area contributed by atoms with Crippen molar-refractivity contribution >= 4 is 20.0 Å². The number of rotatable bonds is 5. The van der Waals surface area contributed by atoms with Gasteiger partial charge in [0, 0.05) is 32.4 Å². The lowest BCUT2D eigenvalue weighted by molar-refractivity contribution is 0.273. The first kappa shape index (κ1) is 15.4. The van der Waals surface area contributed by atoms with Crippen molar-refractivity contribution < 1.29 is 16.8 Å². The highest BCUT2D eigenvalue weighted by molar-refractivity contribution is 7.89. The Morgan fingerprint density at radius 1 is 1.15 bits per heavy atom. The predicted molar refractivity (Wildman–Crippen MR) is 73.0 cm³/mol. The molecule has 1 aliphatic rings. The van der Waals surface area contributed by atoms with Gasteiger partial charge in [0.15, 0.2) is 0 Å². The van der Waals surface area contributed by atoms with Gasteiger partial charge in [-0.3, -0.25) is 5.10 Å². The van der Waals surface area contributed by atoms with Crippen LogP contribution in [0, 0.1) is 0 Å². The number of H-pyrrole nitrogens is 1. The summed E-state index contributed by atoms with van der Waals surface area (Å²) in [6, 6.07) is 0. The molecule has 0 saturated carbocycles. The van der Waals surface area contributed by atoms with Crippen molar-refractivity contribution in [2.45, 2.75) is 18.2 Å². The topological polar surface area (TPSA) is 103 Å². The number of nitrogens with zero attached hydrogens (tertiary/aromatic N) is 3. The Balaban J connectivity index is 2.05. The average molecular weight is 322 g/mol. The van der Waals surface area contributed by atoms with Crippen LogP contribution < -0.4 is 0 Å². The molecule has 0 radical (unpaired) electrons. The van der Waals surface area contributed by atoms with Gasteiger partial charge < -0.3 is 0 Å². The molecule has 1 aromatic heterocycles. The van der Waals surface area contributed by atoms with E-state index < -0.39 is 20.0 Å². The molecule has 1 fully saturated rings. The van der Waals surface area contributed by atoms with Crippen molar-refractivity contribution in [2.24, 2.45) is 0 Å². The Labute approximate surface area is 118 Å². The highest BCUT2D eigenvalue weighted by Gasteiger charge is 2.32. The molecule has 0 aromatic carbocycles. The van der Waals surface area contributed by atoms with Crippen LogP contribution in [0.4, 0.5) is 0 Å². The minimum absolute atomic E-state index is 0.0987. The van der Waals surface area contributed by atoms with E-state index in [1.165, 1.54) is 21.0 Å². The molecule has 0 unspecified atom stereocenters. The van der Waals surface area contributed by atoms with E-state index in [-0.39, 0.29) is 36.8 Å². The molecule has 0 aliphatic carbocycles. The fourth-order valence-electron chi connectivity index (χ4n) is 2.10. The summed E-state index contributed by atoms with van der Waals surface area (Å²) in [5.74, 6) is 0.0987. The lowest BCUT2D eigenvalue weighted by Crippen LogP contribution is -2.50. The Bertz CT molecular complexity index is 631. The largest absolute Gasteiger partial charge is 0.284 e. The van der Waals surface area contributed by atoms with Gasteiger partial charge in [0.1, 0.15) is 4.90 Å². The summed E-state index contributed by atoms with van der Waals surface area (Å²) in [5.41, 5.74) is 0. The second-order valence-corrected chi connectivity index (χ2v) is 8.58. The van der Waals surface area contributed by atoms with Gasteiger partial charge in [0.25, 0.3) is 0 Å². The van der Waals surface area contributed by atoms with E-state index in [2.05, 4.69) is 10.2 Å². The van der Waals surface area contributed by atoms with Crippen LogP contribution in [0.5, 0.6) is 0 Å². The van der Waals surface area contributed by atoms with Crippen LogP contribution in [-0.4, -0.2) is 67.6 Å². The molecule has 8 nitrogen and oxygen atoms in total. The zero-order valence-electron chi connectivity index (χ0n) is 11.2. The first-order chi connectivity index (χ1) is 9.38. The molecule has 0 bridgehead atoms. The van der Waals surface area contributed by atoms with Gasteiger partial charge in [-0.1, -0.05) is 6.92 Å². The zero-order valence-corrected chi connectivity index (χ0v) is 12.8. The third-order valence-corrected chi connectivity index (χ3v) is 7.10. The molecule has 114 valence electrons. The lowest BCUT2D eigenvalue weighted by Gasteiger charge is -2.32. The molecule has 1 saturated heterocycles. The van der Waals surface area contributed by atoms with Crippen LogP contribution >= 0.6 is 0 Å². The molecule has 0 atom stereocenters. The Hall–Kier alpha value is -0.970. The highest BCUT2D eigenvalue weighted by Crippen LogP contribution is 2.17. The first-order valence-corrected chi connectivity index (χ1v) is 9.39.